The van der Waals surface area contributed by atoms with Gasteiger partial charge in [-0.1, -0.05) is 215 Å². The topological polar surface area (TPSA) is 115 Å². The number of nitrogens with one attached hydrogen (secondary N) is 4. The number of aromatic amines is 4. The minimum atomic E-state index is -0.194. The average molecular weight is 919 g/mol. The Morgan fingerprint density at radius 2 is 0.571 bits per heavy atom. The molecule has 0 saturated carbocycles. The van der Waals surface area contributed by atoms with Crippen LogP contribution in [0.5, 0.6) is 0 Å². The summed E-state index contributed by atoms with van der Waals surface area (Å²) in [5.41, 5.74) is 23.5. The van der Waals surface area contributed by atoms with Gasteiger partial charge in [-0.2, -0.15) is 20.4 Å². The van der Waals surface area contributed by atoms with Crippen molar-refractivity contribution in [3.05, 3.63) is 180 Å². The summed E-state index contributed by atoms with van der Waals surface area (Å²) in [5.74, 6) is 0.517. The second kappa shape index (κ2) is 18.2. The summed E-state index contributed by atoms with van der Waals surface area (Å²) < 4.78 is 0. The summed E-state index contributed by atoms with van der Waals surface area (Å²) in [5, 5.41) is 33.4. The highest BCUT2D eigenvalue weighted by atomic mass is 15.1. The molecule has 10 rings (SSSR count). The number of nitrogens with zero attached hydrogens (tertiary/aromatic N) is 4. The Hall–Kier alpha value is -7.84. The Morgan fingerprint density at radius 1 is 0.300 bits per heavy atom. The van der Waals surface area contributed by atoms with Gasteiger partial charge in [0.05, 0.1) is 45.6 Å². The van der Waals surface area contributed by atoms with E-state index in [4.69, 9.17) is 20.4 Å². The van der Waals surface area contributed by atoms with E-state index in [0.717, 1.165) is 101 Å². The molecule has 350 valence electrons. The molecule has 4 aromatic heterocycles. The molecule has 0 fully saturated rings. The maximum absolute atomic E-state index is 5.01. The normalized spacial score (nSPS) is 12.1. The third-order valence-corrected chi connectivity index (χ3v) is 13.4. The standard InChI is InChI=1S/C62H62N8/c1-37(2)49-53(41-19-13-11-14-20-41)63-65-55(49)45-23-17-24-46(35-45)56-50(38(3)4)54(64-66-56)43-31-27-39(28-32-43)40-29-33-44(34-30-40)58-52(62(8,9)10)60(70-68-58)48-26-18-25-47(36-48)59-51(61(5,6)7)57(67-69-59)42-21-15-12-16-22-42/h11-38H,1-10H3,(H,63,65)(H,64,66)(H,67,69)(H,68,70). The van der Waals surface area contributed by atoms with Gasteiger partial charge in [-0.15, -0.1) is 0 Å². The van der Waals surface area contributed by atoms with Crippen LogP contribution in [-0.2, 0) is 10.8 Å². The lowest BCUT2D eigenvalue weighted by molar-refractivity contribution is 0.594. The first kappa shape index (κ1) is 45.9. The Labute approximate surface area is 412 Å². The van der Waals surface area contributed by atoms with Crippen LogP contribution in [0.25, 0.3) is 101 Å². The zero-order valence-corrected chi connectivity index (χ0v) is 42.0. The summed E-state index contributed by atoms with van der Waals surface area (Å²) in [4.78, 5) is 0. The molecule has 0 aliphatic heterocycles. The van der Waals surface area contributed by atoms with Gasteiger partial charge in [-0.25, -0.2) is 0 Å². The van der Waals surface area contributed by atoms with E-state index in [1.54, 1.807) is 0 Å². The zero-order valence-electron chi connectivity index (χ0n) is 42.0. The predicted octanol–water partition coefficient (Wildman–Crippen LogP) is 16.4. The van der Waals surface area contributed by atoms with Crippen LogP contribution in [0.1, 0.15) is 103 Å². The number of hydrogen-bond donors (Lipinski definition) is 4. The molecule has 0 atom stereocenters. The summed E-state index contributed by atoms with van der Waals surface area (Å²) in [6.45, 7) is 22.5. The Bertz CT molecular complexity index is 3420. The van der Waals surface area contributed by atoms with Crippen LogP contribution in [-0.4, -0.2) is 40.8 Å². The van der Waals surface area contributed by atoms with Crippen molar-refractivity contribution in [2.75, 3.05) is 0 Å². The second-order valence-corrected chi connectivity index (χ2v) is 21.2. The number of hydrogen-bond acceptors (Lipinski definition) is 4. The fourth-order valence-electron chi connectivity index (χ4n) is 10.2. The van der Waals surface area contributed by atoms with Gasteiger partial charge in [0, 0.05) is 66.8 Å². The SMILES string of the molecule is CC(C)c1c(-c2ccccc2)n[nH]c1-c1cccc(-c2[nH]nc(-c3ccc(-c4ccc(-c5n[nH]c(-c6cccc(-c7[nH]nc(-c8ccccc8)c7C(C)(C)C)c6)c5C(C)(C)C)cc4)cc3)c2C(C)C)c1. The molecule has 0 unspecified atom stereocenters. The highest BCUT2D eigenvalue weighted by Gasteiger charge is 2.30. The lowest BCUT2D eigenvalue weighted by Gasteiger charge is -2.22. The molecule has 0 aliphatic carbocycles. The van der Waals surface area contributed by atoms with Crippen molar-refractivity contribution in [3.63, 3.8) is 0 Å². The molecule has 70 heavy (non-hydrogen) atoms. The minimum Gasteiger partial charge on any atom is -0.277 e. The van der Waals surface area contributed by atoms with Crippen molar-refractivity contribution < 1.29 is 0 Å². The highest BCUT2D eigenvalue weighted by Crippen LogP contribution is 2.44. The van der Waals surface area contributed by atoms with E-state index in [2.05, 4.69) is 235 Å². The lowest BCUT2D eigenvalue weighted by Crippen LogP contribution is -2.13. The largest absolute Gasteiger partial charge is 0.277 e. The van der Waals surface area contributed by atoms with Crippen LogP contribution in [0.15, 0.2) is 158 Å². The molecule has 10 aromatic rings. The van der Waals surface area contributed by atoms with Crippen molar-refractivity contribution in [2.45, 2.75) is 91.9 Å². The lowest BCUT2D eigenvalue weighted by atomic mass is 9.81. The van der Waals surface area contributed by atoms with Crippen LogP contribution in [0.2, 0.25) is 0 Å². The van der Waals surface area contributed by atoms with E-state index < -0.39 is 0 Å². The van der Waals surface area contributed by atoms with Crippen LogP contribution in [0, 0.1) is 0 Å². The number of aromatic nitrogens is 8. The highest BCUT2D eigenvalue weighted by molar-refractivity contribution is 5.84. The summed E-state index contributed by atoms with van der Waals surface area (Å²) in [6.07, 6.45) is 0. The van der Waals surface area contributed by atoms with E-state index in [-0.39, 0.29) is 22.7 Å². The molecule has 0 bridgehead atoms. The minimum absolute atomic E-state index is 0.139. The molecule has 6 aromatic carbocycles. The molecular formula is C62H62N8. The van der Waals surface area contributed by atoms with Gasteiger partial charge in [0.2, 0.25) is 0 Å². The Kier molecular flexibility index (Phi) is 12.0. The van der Waals surface area contributed by atoms with E-state index >= 15 is 0 Å². The molecule has 0 aliphatic rings. The van der Waals surface area contributed by atoms with Crippen molar-refractivity contribution in [2.24, 2.45) is 0 Å². The van der Waals surface area contributed by atoms with Crippen LogP contribution in [0.4, 0.5) is 0 Å². The second-order valence-electron chi connectivity index (χ2n) is 21.2. The molecule has 4 heterocycles. The molecule has 0 radical (unpaired) electrons. The average Bonchev–Trinajstić information content (AvgIpc) is 4.20. The zero-order chi connectivity index (χ0) is 48.9. The maximum atomic E-state index is 5.01. The van der Waals surface area contributed by atoms with Crippen molar-refractivity contribution in [3.8, 4) is 101 Å². The van der Waals surface area contributed by atoms with E-state index in [1.807, 2.05) is 12.1 Å². The van der Waals surface area contributed by atoms with E-state index in [1.165, 1.54) is 22.3 Å². The van der Waals surface area contributed by atoms with Gasteiger partial charge >= 0.3 is 0 Å². The van der Waals surface area contributed by atoms with Gasteiger partial charge in [0.1, 0.15) is 0 Å². The Balaban J connectivity index is 0.920. The molecule has 0 spiro atoms. The number of rotatable bonds is 11. The first-order valence-electron chi connectivity index (χ1n) is 24.5. The van der Waals surface area contributed by atoms with E-state index in [0.29, 0.717) is 0 Å². The van der Waals surface area contributed by atoms with Gasteiger partial charge in [0.15, 0.2) is 0 Å². The first-order valence-corrected chi connectivity index (χ1v) is 24.5. The summed E-state index contributed by atoms with van der Waals surface area (Å²) in [7, 11) is 0. The monoisotopic (exact) mass is 919 g/mol. The quantitative estimate of drug-likeness (QED) is 0.103. The van der Waals surface area contributed by atoms with Crippen LogP contribution >= 0.6 is 0 Å². The molecular weight excluding hydrogens is 857 g/mol. The smallest absolute Gasteiger partial charge is 0.0964 e. The molecule has 0 saturated heterocycles. The molecule has 0 amide bonds. The van der Waals surface area contributed by atoms with Crippen LogP contribution < -0.4 is 0 Å². The van der Waals surface area contributed by atoms with Gasteiger partial charge < -0.3 is 0 Å². The molecule has 4 N–H and O–H groups in total. The van der Waals surface area contributed by atoms with Gasteiger partial charge in [-0.05, 0) is 45.9 Å². The van der Waals surface area contributed by atoms with Gasteiger partial charge in [0.25, 0.3) is 0 Å². The number of benzene rings is 6. The van der Waals surface area contributed by atoms with Gasteiger partial charge in [-0.3, -0.25) is 20.4 Å². The van der Waals surface area contributed by atoms with E-state index in [9.17, 15) is 0 Å². The first-order chi connectivity index (χ1) is 33.7. The van der Waals surface area contributed by atoms with Crippen molar-refractivity contribution in [1.82, 2.24) is 40.8 Å². The molecule has 8 nitrogen and oxygen atoms in total. The fraction of sp³-hybridized carbons (Fsp3) is 0.226. The summed E-state index contributed by atoms with van der Waals surface area (Å²) >= 11 is 0. The van der Waals surface area contributed by atoms with Crippen molar-refractivity contribution in [1.29, 1.82) is 0 Å². The Morgan fingerprint density at radius 3 is 0.929 bits per heavy atom. The van der Waals surface area contributed by atoms with Crippen LogP contribution in [0.3, 0.4) is 0 Å². The predicted molar refractivity (Wildman–Crippen MR) is 290 cm³/mol. The fourth-order valence-corrected chi connectivity index (χ4v) is 10.2. The summed E-state index contributed by atoms with van der Waals surface area (Å²) in [6, 6.07) is 55.9. The third-order valence-electron chi connectivity index (χ3n) is 13.4. The van der Waals surface area contributed by atoms with Crippen molar-refractivity contribution >= 4 is 0 Å². The molecule has 8 heteroatoms. The number of H-pyrrole nitrogens is 4. The maximum Gasteiger partial charge on any atom is 0.0964 e. The third kappa shape index (κ3) is 8.63.